The number of hydrogen-bond acceptors (Lipinski definition) is 5. The van der Waals surface area contributed by atoms with Crippen molar-refractivity contribution in [1.82, 2.24) is 4.90 Å². The van der Waals surface area contributed by atoms with E-state index < -0.39 is 22.2 Å². The van der Waals surface area contributed by atoms with Gasteiger partial charge in [0, 0.05) is 13.1 Å². The molecule has 23 heavy (non-hydrogen) atoms. The number of rotatable bonds is 4. The van der Waals surface area contributed by atoms with Crippen molar-refractivity contribution in [2.24, 2.45) is 0 Å². The van der Waals surface area contributed by atoms with Crippen LogP contribution in [0.2, 0.25) is 0 Å². The lowest BCUT2D eigenvalue weighted by Crippen LogP contribution is -2.48. The average Bonchev–Trinajstić information content (AvgIpc) is 2.43. The summed E-state index contributed by atoms with van der Waals surface area (Å²) in [5, 5.41) is 11.3. The third-order valence-electron chi connectivity index (χ3n) is 3.49. The molecule has 0 N–H and O–H groups in total. The molecule has 7 nitrogen and oxygen atoms in total. The fraction of sp³-hybridized carbons (Fsp3) is 0.500. The van der Waals surface area contributed by atoms with E-state index in [1.54, 1.807) is 33.8 Å². The molecular formula is C16H22N2O5. The number of carbonyl (C=O) groups is 2. The van der Waals surface area contributed by atoms with Crippen LogP contribution in [0.25, 0.3) is 0 Å². The Labute approximate surface area is 135 Å². The van der Waals surface area contributed by atoms with E-state index in [9.17, 15) is 19.7 Å². The molecule has 7 heteroatoms. The number of likely N-dealkylation sites (N-methyl/N-ethyl adjacent to an activating group) is 1. The second-order valence-corrected chi connectivity index (χ2v) is 6.58. The first kappa shape index (κ1) is 18.6. The number of benzene rings is 1. The summed E-state index contributed by atoms with van der Waals surface area (Å²) in [6, 6.07) is 4.45. The molecule has 0 aromatic heterocycles. The van der Waals surface area contributed by atoms with Gasteiger partial charge in [0.05, 0.1) is 10.5 Å². The second-order valence-electron chi connectivity index (χ2n) is 6.58. The lowest BCUT2D eigenvalue weighted by atomic mass is 9.89. The summed E-state index contributed by atoms with van der Waals surface area (Å²) >= 11 is 0. The van der Waals surface area contributed by atoms with Crippen LogP contribution in [0.4, 0.5) is 10.5 Å². The number of hydrogen-bond donors (Lipinski definition) is 0. The Hall–Kier alpha value is -2.44. The highest BCUT2D eigenvalue weighted by atomic mass is 16.6. The van der Waals surface area contributed by atoms with Gasteiger partial charge in [-0.05, 0) is 40.7 Å². The maximum Gasteiger partial charge on any atom is 0.411 e. The minimum absolute atomic E-state index is 0.144. The number of nitrogens with zero attached hydrogens (tertiary/aromatic N) is 2. The van der Waals surface area contributed by atoms with E-state index in [2.05, 4.69) is 0 Å². The van der Waals surface area contributed by atoms with E-state index in [0.717, 1.165) is 10.5 Å². The summed E-state index contributed by atoms with van der Waals surface area (Å²) in [6.07, 6.45) is -0.221. The minimum atomic E-state index is -1.52. The number of nitro benzene ring substituents is 1. The largest absolute Gasteiger partial charge is 0.444 e. The van der Waals surface area contributed by atoms with Crippen LogP contribution < -0.4 is 0 Å². The van der Waals surface area contributed by atoms with Gasteiger partial charge in [-0.15, -0.1) is 0 Å². The zero-order valence-electron chi connectivity index (χ0n) is 14.2. The van der Waals surface area contributed by atoms with Crippen molar-refractivity contribution in [3.05, 3.63) is 39.4 Å². The van der Waals surface area contributed by atoms with Crippen molar-refractivity contribution in [2.75, 3.05) is 7.05 Å². The molecule has 0 radical (unpaired) electrons. The van der Waals surface area contributed by atoms with Gasteiger partial charge in [0.2, 0.25) is 0 Å². The molecule has 0 fully saturated rings. The summed E-state index contributed by atoms with van der Waals surface area (Å²) in [7, 11) is 1.38. The van der Waals surface area contributed by atoms with Gasteiger partial charge < -0.3 is 9.53 Å². The van der Waals surface area contributed by atoms with Gasteiger partial charge in [0.15, 0.2) is 0 Å². The average molecular weight is 322 g/mol. The summed E-state index contributed by atoms with van der Waals surface area (Å²) in [5.41, 5.74) is -1.59. The maximum absolute atomic E-state index is 12.3. The Morgan fingerprint density at radius 1 is 1.30 bits per heavy atom. The van der Waals surface area contributed by atoms with Gasteiger partial charge in [-0.2, -0.15) is 0 Å². The maximum atomic E-state index is 12.3. The summed E-state index contributed by atoms with van der Waals surface area (Å²) in [6.45, 7) is 8.31. The number of aryl methyl sites for hydroxylation is 1. The van der Waals surface area contributed by atoms with Crippen LogP contribution in [0.5, 0.6) is 0 Å². The van der Waals surface area contributed by atoms with Crippen molar-refractivity contribution in [3.8, 4) is 0 Å². The van der Waals surface area contributed by atoms with Crippen molar-refractivity contribution >= 4 is 18.1 Å². The highest BCUT2D eigenvalue weighted by molar-refractivity contribution is 5.79. The van der Waals surface area contributed by atoms with E-state index in [-0.39, 0.29) is 11.3 Å². The zero-order valence-corrected chi connectivity index (χ0v) is 14.2. The SMILES string of the molecule is Cc1ccc([N+](=O)[O-])c(C(C)(C=O)N(C)C(=O)OC(C)(C)C)c1. The minimum Gasteiger partial charge on any atom is -0.444 e. The van der Waals surface area contributed by atoms with Gasteiger partial charge in [-0.1, -0.05) is 11.6 Å². The number of carbonyl (C=O) groups excluding carboxylic acids is 2. The molecule has 1 amide bonds. The van der Waals surface area contributed by atoms with E-state index in [1.165, 1.54) is 26.1 Å². The van der Waals surface area contributed by atoms with Crippen molar-refractivity contribution in [3.63, 3.8) is 0 Å². The Morgan fingerprint density at radius 3 is 2.30 bits per heavy atom. The fourth-order valence-electron chi connectivity index (χ4n) is 2.06. The molecule has 0 saturated heterocycles. The molecule has 0 saturated carbocycles. The highest BCUT2D eigenvalue weighted by Gasteiger charge is 2.41. The first-order chi connectivity index (χ1) is 10.4. The Bertz CT molecular complexity index is 636. The van der Waals surface area contributed by atoms with E-state index >= 15 is 0 Å². The monoisotopic (exact) mass is 322 g/mol. The first-order valence-corrected chi connectivity index (χ1v) is 7.11. The molecule has 0 spiro atoms. The molecule has 1 unspecified atom stereocenters. The van der Waals surface area contributed by atoms with E-state index in [1.807, 2.05) is 0 Å². The van der Waals surface area contributed by atoms with Crippen LogP contribution in [0, 0.1) is 17.0 Å². The predicted octanol–water partition coefficient (Wildman–Crippen LogP) is 3.18. The fourth-order valence-corrected chi connectivity index (χ4v) is 2.06. The predicted molar refractivity (Wildman–Crippen MR) is 85.2 cm³/mol. The van der Waals surface area contributed by atoms with E-state index in [4.69, 9.17) is 4.74 Å². The molecule has 0 aliphatic rings. The van der Waals surface area contributed by atoms with Gasteiger partial charge in [0.25, 0.3) is 5.69 Å². The van der Waals surface area contributed by atoms with Crippen LogP contribution >= 0.6 is 0 Å². The summed E-state index contributed by atoms with van der Waals surface area (Å²) < 4.78 is 5.26. The third kappa shape index (κ3) is 4.06. The molecule has 0 aliphatic carbocycles. The molecule has 0 aliphatic heterocycles. The lowest BCUT2D eigenvalue weighted by Gasteiger charge is -2.35. The normalized spacial score (nSPS) is 13.8. The van der Waals surface area contributed by atoms with Crippen LogP contribution in [0.15, 0.2) is 18.2 Å². The van der Waals surface area contributed by atoms with Crippen molar-refractivity contribution < 1.29 is 19.2 Å². The molecule has 126 valence electrons. The molecule has 1 atom stereocenters. The smallest absolute Gasteiger partial charge is 0.411 e. The Morgan fingerprint density at radius 2 is 1.87 bits per heavy atom. The number of ether oxygens (including phenoxy) is 1. The molecule has 0 bridgehead atoms. The molecule has 0 heterocycles. The topological polar surface area (TPSA) is 89.8 Å². The van der Waals surface area contributed by atoms with Crippen LogP contribution in [0.1, 0.15) is 38.8 Å². The standard InChI is InChI=1S/C16H22N2O5/c1-11-7-8-13(18(21)22)12(9-11)16(5,10-19)17(6)14(20)23-15(2,3)4/h7-10H,1-6H3. The van der Waals surface area contributed by atoms with Crippen LogP contribution in [-0.2, 0) is 15.1 Å². The molecule has 1 aromatic carbocycles. The lowest BCUT2D eigenvalue weighted by molar-refractivity contribution is -0.386. The summed E-state index contributed by atoms with van der Waals surface area (Å²) in [5.74, 6) is 0. The van der Waals surface area contributed by atoms with Gasteiger partial charge in [0.1, 0.15) is 17.4 Å². The quantitative estimate of drug-likeness (QED) is 0.482. The van der Waals surface area contributed by atoms with Crippen LogP contribution in [-0.4, -0.2) is 34.9 Å². The first-order valence-electron chi connectivity index (χ1n) is 7.11. The second kappa shape index (κ2) is 6.36. The summed E-state index contributed by atoms with van der Waals surface area (Å²) in [4.78, 5) is 35.8. The number of nitro groups is 1. The Balaban J connectivity index is 3.40. The van der Waals surface area contributed by atoms with Gasteiger partial charge in [-0.25, -0.2) is 4.79 Å². The molecular weight excluding hydrogens is 300 g/mol. The van der Waals surface area contributed by atoms with Crippen molar-refractivity contribution in [1.29, 1.82) is 0 Å². The molecule has 1 rings (SSSR count). The van der Waals surface area contributed by atoms with Gasteiger partial charge in [-0.3, -0.25) is 15.0 Å². The third-order valence-corrected chi connectivity index (χ3v) is 3.49. The van der Waals surface area contributed by atoms with E-state index in [0.29, 0.717) is 6.29 Å². The highest BCUT2D eigenvalue weighted by Crippen LogP contribution is 2.34. The zero-order chi connectivity index (χ0) is 18.0. The van der Waals surface area contributed by atoms with Crippen molar-refractivity contribution in [2.45, 2.75) is 45.8 Å². The Kier molecular flexibility index (Phi) is 5.14. The number of amides is 1. The van der Waals surface area contributed by atoms with Crippen LogP contribution in [0.3, 0.4) is 0 Å². The molecule has 1 aromatic rings. The van der Waals surface area contributed by atoms with Gasteiger partial charge >= 0.3 is 6.09 Å². The number of aldehydes is 1.